The summed E-state index contributed by atoms with van der Waals surface area (Å²) < 4.78 is 41.6. The monoisotopic (exact) mass is 516 g/mol. The molecule has 0 fully saturated rings. The lowest BCUT2D eigenvalue weighted by Gasteiger charge is -2.08. The third kappa shape index (κ3) is 4.47. The van der Waals surface area contributed by atoms with Gasteiger partial charge in [-0.2, -0.15) is 10.2 Å². The highest BCUT2D eigenvalue weighted by molar-refractivity contribution is 7.88. The molecule has 0 aliphatic rings. The fourth-order valence-electron chi connectivity index (χ4n) is 4.33. The minimum absolute atomic E-state index is 0.0183. The molecule has 0 saturated carbocycles. The number of pyridine rings is 2. The number of fused-ring (bicyclic) bond motifs is 2. The molecule has 0 bridgehead atoms. The molecule has 0 unspecified atom stereocenters. The summed E-state index contributed by atoms with van der Waals surface area (Å²) in [5, 5.41) is 12.6. The zero-order valence-corrected chi connectivity index (χ0v) is 20.6. The van der Waals surface area contributed by atoms with Crippen LogP contribution in [-0.2, 0) is 23.6 Å². The van der Waals surface area contributed by atoms with Gasteiger partial charge in [0.2, 0.25) is 10.0 Å². The molecule has 0 atom stereocenters. The molecular formula is C25H21FN8O2S. The molecule has 37 heavy (non-hydrogen) atoms. The second-order valence-corrected chi connectivity index (χ2v) is 10.7. The van der Waals surface area contributed by atoms with Crippen LogP contribution in [0.1, 0.15) is 5.56 Å². The molecule has 6 rings (SSSR count). The quantitative estimate of drug-likeness (QED) is 0.309. The summed E-state index contributed by atoms with van der Waals surface area (Å²) in [6, 6.07) is 10.2. The molecule has 0 aliphatic heterocycles. The topological polar surface area (TPSA) is 134 Å². The van der Waals surface area contributed by atoms with Crippen molar-refractivity contribution in [1.29, 1.82) is 0 Å². The largest absolute Gasteiger partial charge is 0.352 e. The first-order chi connectivity index (χ1) is 17.7. The Morgan fingerprint density at radius 2 is 1.92 bits per heavy atom. The summed E-state index contributed by atoms with van der Waals surface area (Å²) in [4.78, 5) is 12.5. The van der Waals surface area contributed by atoms with Crippen molar-refractivity contribution in [3.8, 4) is 33.8 Å². The Morgan fingerprint density at radius 1 is 1.05 bits per heavy atom. The zero-order chi connectivity index (χ0) is 25.7. The van der Waals surface area contributed by atoms with Gasteiger partial charge in [-0.25, -0.2) is 22.5 Å². The molecule has 5 aromatic heterocycles. The first-order valence-corrected chi connectivity index (χ1v) is 13.2. The number of hydrogen-bond donors (Lipinski definition) is 3. The Morgan fingerprint density at radius 3 is 2.70 bits per heavy atom. The van der Waals surface area contributed by atoms with Crippen LogP contribution in [0.25, 0.3) is 55.7 Å². The second-order valence-electron chi connectivity index (χ2n) is 8.84. The van der Waals surface area contributed by atoms with Gasteiger partial charge in [-0.1, -0.05) is 0 Å². The molecule has 0 saturated heterocycles. The van der Waals surface area contributed by atoms with Crippen LogP contribution >= 0.6 is 0 Å². The minimum Gasteiger partial charge on any atom is -0.352 e. The van der Waals surface area contributed by atoms with Gasteiger partial charge in [0.25, 0.3) is 0 Å². The maximum absolute atomic E-state index is 14.5. The van der Waals surface area contributed by atoms with Crippen LogP contribution in [0, 0.1) is 5.82 Å². The number of sulfonamides is 1. The number of aryl methyl sites for hydroxylation is 1. The van der Waals surface area contributed by atoms with E-state index in [9.17, 15) is 12.8 Å². The number of nitrogens with one attached hydrogen (secondary N) is 3. The average Bonchev–Trinajstić information content (AvgIpc) is 3.58. The summed E-state index contributed by atoms with van der Waals surface area (Å²) in [6.45, 7) is -0.0183. The van der Waals surface area contributed by atoms with Gasteiger partial charge in [0.05, 0.1) is 41.1 Å². The van der Waals surface area contributed by atoms with Gasteiger partial charge in [0, 0.05) is 42.5 Å². The molecule has 0 radical (unpaired) electrons. The van der Waals surface area contributed by atoms with E-state index in [0.717, 1.165) is 39.6 Å². The summed E-state index contributed by atoms with van der Waals surface area (Å²) in [5.41, 5.74) is 7.04. The molecule has 1 aromatic carbocycles. The smallest absolute Gasteiger partial charge is 0.209 e. The van der Waals surface area contributed by atoms with Gasteiger partial charge in [-0.15, -0.1) is 0 Å². The highest BCUT2D eigenvalue weighted by atomic mass is 32.2. The van der Waals surface area contributed by atoms with E-state index in [0.29, 0.717) is 27.9 Å². The first kappa shape index (κ1) is 23.0. The summed E-state index contributed by atoms with van der Waals surface area (Å²) in [7, 11) is -1.56. The van der Waals surface area contributed by atoms with E-state index < -0.39 is 15.8 Å². The number of halogens is 1. The van der Waals surface area contributed by atoms with Gasteiger partial charge >= 0.3 is 0 Å². The summed E-state index contributed by atoms with van der Waals surface area (Å²) in [5.74, 6) is -0.471. The molecule has 12 heteroatoms. The number of hydrogen-bond acceptors (Lipinski definition) is 6. The van der Waals surface area contributed by atoms with Crippen LogP contribution in [0.15, 0.2) is 61.2 Å². The maximum Gasteiger partial charge on any atom is 0.209 e. The maximum atomic E-state index is 14.5. The Labute approximate surface area is 210 Å². The van der Waals surface area contributed by atoms with E-state index in [-0.39, 0.29) is 6.54 Å². The predicted molar refractivity (Wildman–Crippen MR) is 138 cm³/mol. The van der Waals surface area contributed by atoms with Crippen molar-refractivity contribution in [2.24, 2.45) is 7.05 Å². The molecule has 186 valence electrons. The first-order valence-electron chi connectivity index (χ1n) is 11.3. The van der Waals surface area contributed by atoms with Crippen molar-refractivity contribution in [3.63, 3.8) is 0 Å². The third-order valence-electron chi connectivity index (χ3n) is 6.02. The van der Waals surface area contributed by atoms with Crippen molar-refractivity contribution in [1.82, 2.24) is 39.7 Å². The van der Waals surface area contributed by atoms with E-state index in [2.05, 4.69) is 30.0 Å². The molecule has 3 N–H and O–H groups in total. The van der Waals surface area contributed by atoms with Crippen molar-refractivity contribution < 1.29 is 12.8 Å². The number of nitrogens with zero attached hydrogens (tertiary/aromatic N) is 5. The molecule has 0 amide bonds. The Kier molecular flexibility index (Phi) is 5.35. The van der Waals surface area contributed by atoms with E-state index in [4.69, 9.17) is 4.98 Å². The van der Waals surface area contributed by atoms with Gasteiger partial charge in [-0.3, -0.25) is 14.8 Å². The number of benzene rings is 1. The molecular weight excluding hydrogens is 495 g/mol. The fraction of sp³-hybridized carbons (Fsp3) is 0.120. The van der Waals surface area contributed by atoms with Crippen LogP contribution in [-0.4, -0.2) is 49.6 Å². The van der Waals surface area contributed by atoms with E-state index in [1.54, 1.807) is 29.3 Å². The van der Waals surface area contributed by atoms with Gasteiger partial charge in [-0.05, 0) is 47.5 Å². The second kappa shape index (κ2) is 8.61. The normalized spacial score (nSPS) is 12.1. The number of aromatic nitrogens is 7. The van der Waals surface area contributed by atoms with Crippen LogP contribution < -0.4 is 4.72 Å². The van der Waals surface area contributed by atoms with Gasteiger partial charge in [0.15, 0.2) is 0 Å². The van der Waals surface area contributed by atoms with E-state index >= 15 is 0 Å². The SMILES string of the molecule is Cn1cc(-c2ccc3[nH]nc(-c4cc5c(-c6cc(F)cc(CNS(C)(=O)=O)c6)cncc5[nH]4)c3n2)cn1. The molecule has 10 nitrogen and oxygen atoms in total. The van der Waals surface area contributed by atoms with Crippen molar-refractivity contribution >= 4 is 32.0 Å². The van der Waals surface area contributed by atoms with Crippen LogP contribution in [0.2, 0.25) is 0 Å². The summed E-state index contributed by atoms with van der Waals surface area (Å²) >= 11 is 0. The lowest BCUT2D eigenvalue weighted by Crippen LogP contribution is -2.21. The zero-order valence-electron chi connectivity index (χ0n) is 19.8. The standard InChI is InChI=1S/C25H21FN8O2S/c1-34-13-16(10-28-34)20-3-4-21-24(31-20)25(33-32-21)22-8-18-19(11-27-12-23(18)30-22)15-5-14(6-17(26)7-15)9-29-37(2,35)36/h3-8,10-13,29-30H,9H2,1-2H3,(H,32,33). The Hall–Kier alpha value is -4.42. The highest BCUT2D eigenvalue weighted by Crippen LogP contribution is 2.34. The summed E-state index contributed by atoms with van der Waals surface area (Å²) in [6.07, 6.45) is 8.06. The van der Waals surface area contributed by atoms with Crippen LogP contribution in [0.4, 0.5) is 4.39 Å². The van der Waals surface area contributed by atoms with Crippen LogP contribution in [0.3, 0.4) is 0 Å². The van der Waals surface area contributed by atoms with Crippen molar-refractivity contribution in [2.75, 3.05) is 6.26 Å². The molecule has 6 aromatic rings. The Bertz CT molecular complexity index is 1900. The van der Waals surface area contributed by atoms with E-state index in [1.165, 1.54) is 12.1 Å². The molecule has 0 aliphatic carbocycles. The van der Waals surface area contributed by atoms with E-state index in [1.807, 2.05) is 31.4 Å². The average molecular weight is 517 g/mol. The Balaban J connectivity index is 1.43. The number of aromatic amines is 2. The predicted octanol–water partition coefficient (Wildman–Crippen LogP) is 3.76. The molecule has 0 spiro atoms. The lowest BCUT2D eigenvalue weighted by molar-refractivity contribution is 0.586. The van der Waals surface area contributed by atoms with Crippen molar-refractivity contribution in [2.45, 2.75) is 6.54 Å². The van der Waals surface area contributed by atoms with Gasteiger partial charge in [0.1, 0.15) is 17.0 Å². The van der Waals surface area contributed by atoms with Gasteiger partial charge < -0.3 is 4.98 Å². The van der Waals surface area contributed by atoms with Crippen molar-refractivity contribution in [3.05, 3.63) is 72.6 Å². The third-order valence-corrected chi connectivity index (χ3v) is 6.68. The fourth-order valence-corrected chi connectivity index (χ4v) is 4.76. The van der Waals surface area contributed by atoms with Crippen LogP contribution in [0.5, 0.6) is 0 Å². The lowest BCUT2D eigenvalue weighted by atomic mass is 10.0. The molecule has 5 heterocycles. The number of rotatable bonds is 6. The number of H-pyrrole nitrogens is 2. The highest BCUT2D eigenvalue weighted by Gasteiger charge is 2.17. The minimum atomic E-state index is -3.42.